The molecule has 0 bridgehead atoms. The first-order chi connectivity index (χ1) is 9.52. The van der Waals surface area contributed by atoms with Crippen LogP contribution < -0.4 is 4.90 Å². The fourth-order valence-corrected chi connectivity index (χ4v) is 3.34. The minimum Gasteiger partial charge on any atom is -0.355 e. The van der Waals surface area contributed by atoms with E-state index in [1.165, 1.54) is 6.33 Å². The molecule has 1 aliphatic carbocycles. The van der Waals surface area contributed by atoms with Crippen molar-refractivity contribution in [1.82, 2.24) is 19.7 Å². The van der Waals surface area contributed by atoms with E-state index in [1.807, 2.05) is 11.9 Å². The Morgan fingerprint density at radius 3 is 2.85 bits per heavy atom. The Balaban J connectivity index is 1.73. The number of hydrogen-bond donors (Lipinski definition) is 0. The predicted molar refractivity (Wildman–Crippen MR) is 69.7 cm³/mol. The highest BCUT2D eigenvalue weighted by Crippen LogP contribution is 2.64. The number of aryl methyl sites for hydroxylation is 1. The Hall–Kier alpha value is -1.79. The van der Waals surface area contributed by atoms with Crippen molar-refractivity contribution in [2.45, 2.75) is 25.2 Å². The lowest BCUT2D eigenvalue weighted by Crippen LogP contribution is -2.39. The van der Waals surface area contributed by atoms with Crippen molar-refractivity contribution >= 4 is 16.9 Å². The van der Waals surface area contributed by atoms with Gasteiger partial charge in [-0.05, 0) is 12.8 Å². The molecule has 5 nitrogen and oxygen atoms in total. The van der Waals surface area contributed by atoms with E-state index in [0.717, 1.165) is 29.8 Å². The fraction of sp³-hybridized carbons (Fsp3) is 0.615. The van der Waals surface area contributed by atoms with Crippen LogP contribution in [-0.4, -0.2) is 38.8 Å². The molecule has 2 aliphatic rings. The normalized spacial score (nSPS) is 28.2. The summed E-state index contributed by atoms with van der Waals surface area (Å²) in [7, 11) is 1.81. The molecule has 1 spiro atoms. The zero-order valence-corrected chi connectivity index (χ0v) is 11.2. The summed E-state index contributed by atoms with van der Waals surface area (Å²) in [4.78, 5) is 10.5. The second-order valence-corrected chi connectivity index (χ2v) is 5.89. The molecule has 2 aromatic rings. The first kappa shape index (κ1) is 12.0. The highest BCUT2D eigenvalue weighted by Gasteiger charge is 2.71. The lowest BCUT2D eigenvalue weighted by Gasteiger charge is -2.34. The summed E-state index contributed by atoms with van der Waals surface area (Å²) in [6.07, 6.45) is 4.58. The quantitative estimate of drug-likeness (QED) is 0.801. The molecule has 0 aromatic carbocycles. The number of rotatable bonds is 1. The smallest absolute Gasteiger partial charge is 0.256 e. The van der Waals surface area contributed by atoms with E-state index in [4.69, 9.17) is 0 Å². The van der Waals surface area contributed by atoms with Crippen LogP contribution in [0.4, 0.5) is 14.6 Å². The van der Waals surface area contributed by atoms with E-state index in [1.54, 1.807) is 10.9 Å². The maximum Gasteiger partial charge on any atom is 0.256 e. The Labute approximate surface area is 114 Å². The molecule has 2 aromatic heterocycles. The van der Waals surface area contributed by atoms with Crippen molar-refractivity contribution in [3.05, 3.63) is 12.5 Å². The van der Waals surface area contributed by atoms with Gasteiger partial charge in [0, 0.05) is 26.6 Å². The van der Waals surface area contributed by atoms with Crippen molar-refractivity contribution in [3.8, 4) is 0 Å². The van der Waals surface area contributed by atoms with Gasteiger partial charge in [0.2, 0.25) is 0 Å². The summed E-state index contributed by atoms with van der Waals surface area (Å²) in [5, 5.41) is 5.00. The van der Waals surface area contributed by atoms with E-state index < -0.39 is 11.3 Å². The second-order valence-electron chi connectivity index (χ2n) is 5.89. The topological polar surface area (TPSA) is 46.8 Å². The van der Waals surface area contributed by atoms with Crippen molar-refractivity contribution < 1.29 is 8.78 Å². The van der Waals surface area contributed by atoms with E-state index in [-0.39, 0.29) is 6.42 Å². The van der Waals surface area contributed by atoms with Crippen LogP contribution in [0.3, 0.4) is 0 Å². The molecule has 3 heterocycles. The molecule has 0 radical (unpaired) electrons. The Morgan fingerprint density at radius 1 is 1.30 bits per heavy atom. The van der Waals surface area contributed by atoms with E-state index >= 15 is 0 Å². The highest BCUT2D eigenvalue weighted by molar-refractivity contribution is 5.86. The number of hydrogen-bond acceptors (Lipinski definition) is 4. The molecule has 106 valence electrons. The summed E-state index contributed by atoms with van der Waals surface area (Å²) in [5.74, 6) is -1.78. The van der Waals surface area contributed by atoms with Crippen LogP contribution in [-0.2, 0) is 7.05 Å². The first-order valence-electron chi connectivity index (χ1n) is 6.78. The van der Waals surface area contributed by atoms with Crippen LogP contribution in [0.25, 0.3) is 11.0 Å². The van der Waals surface area contributed by atoms with Crippen LogP contribution in [0.15, 0.2) is 12.5 Å². The van der Waals surface area contributed by atoms with Gasteiger partial charge < -0.3 is 4.90 Å². The first-order valence-corrected chi connectivity index (χ1v) is 6.78. The molecule has 1 saturated carbocycles. The van der Waals surface area contributed by atoms with E-state index in [2.05, 4.69) is 15.1 Å². The summed E-state index contributed by atoms with van der Waals surface area (Å²) in [5.41, 5.74) is -0.0951. The molecule has 0 N–H and O–H groups in total. The molecule has 20 heavy (non-hydrogen) atoms. The average Bonchev–Trinajstić information content (AvgIpc) is 2.77. The summed E-state index contributed by atoms with van der Waals surface area (Å²) in [6, 6.07) is 0. The minimum atomic E-state index is -2.51. The third kappa shape index (κ3) is 1.49. The summed E-state index contributed by atoms with van der Waals surface area (Å²) < 4.78 is 28.9. The van der Waals surface area contributed by atoms with Crippen LogP contribution in [0.1, 0.15) is 19.3 Å². The number of nitrogens with zero attached hydrogens (tertiary/aromatic N) is 5. The van der Waals surface area contributed by atoms with E-state index in [0.29, 0.717) is 13.0 Å². The van der Waals surface area contributed by atoms with Crippen molar-refractivity contribution in [1.29, 1.82) is 0 Å². The SMILES string of the molecule is Cn1ncc2c(N3CCCC4(C3)CC4(F)F)ncnc21. The predicted octanol–water partition coefficient (Wildman–Crippen LogP) is 1.99. The van der Waals surface area contributed by atoms with Gasteiger partial charge >= 0.3 is 0 Å². The van der Waals surface area contributed by atoms with Gasteiger partial charge in [-0.15, -0.1) is 0 Å². The van der Waals surface area contributed by atoms with Gasteiger partial charge in [0.1, 0.15) is 12.1 Å². The zero-order chi connectivity index (χ0) is 14.0. The lowest BCUT2D eigenvalue weighted by atomic mass is 9.94. The monoisotopic (exact) mass is 279 g/mol. The van der Waals surface area contributed by atoms with E-state index in [9.17, 15) is 8.78 Å². The zero-order valence-electron chi connectivity index (χ0n) is 11.2. The maximum atomic E-state index is 13.6. The number of aromatic nitrogens is 4. The van der Waals surface area contributed by atoms with Crippen molar-refractivity contribution in [2.24, 2.45) is 12.5 Å². The van der Waals surface area contributed by atoms with Crippen molar-refractivity contribution in [2.75, 3.05) is 18.0 Å². The third-order valence-corrected chi connectivity index (χ3v) is 4.60. The molecule has 7 heteroatoms. The number of fused-ring (bicyclic) bond motifs is 1. The molecule has 1 aliphatic heterocycles. The molecule has 1 saturated heterocycles. The van der Waals surface area contributed by atoms with Gasteiger partial charge in [-0.2, -0.15) is 5.10 Å². The standard InChI is InChI=1S/C13H15F2N5/c1-19-10-9(5-18-19)11(17-8-16-10)20-4-2-3-12(7-20)6-13(12,14)15/h5,8H,2-4,6-7H2,1H3. The van der Waals surface area contributed by atoms with Gasteiger partial charge in [0.15, 0.2) is 5.65 Å². The summed E-state index contributed by atoms with van der Waals surface area (Å²) >= 11 is 0. The maximum absolute atomic E-state index is 13.6. The van der Waals surface area contributed by atoms with Gasteiger partial charge in [0.05, 0.1) is 17.0 Å². The number of alkyl halides is 2. The molecule has 0 amide bonds. The Bertz CT molecular complexity index is 682. The van der Waals surface area contributed by atoms with Crippen LogP contribution in [0.2, 0.25) is 0 Å². The lowest BCUT2D eigenvalue weighted by molar-refractivity contribution is 0.0575. The molecular formula is C13H15F2N5. The summed E-state index contributed by atoms with van der Waals surface area (Å²) in [6.45, 7) is 1.14. The van der Waals surface area contributed by atoms with Gasteiger partial charge in [0.25, 0.3) is 5.92 Å². The van der Waals surface area contributed by atoms with Crippen molar-refractivity contribution in [3.63, 3.8) is 0 Å². The third-order valence-electron chi connectivity index (χ3n) is 4.60. The number of piperidine rings is 1. The van der Waals surface area contributed by atoms with Crippen LogP contribution in [0, 0.1) is 5.41 Å². The molecule has 4 rings (SSSR count). The van der Waals surface area contributed by atoms with Gasteiger partial charge in [-0.25, -0.2) is 18.7 Å². The molecular weight excluding hydrogens is 264 g/mol. The van der Waals surface area contributed by atoms with Crippen LogP contribution >= 0.6 is 0 Å². The number of anilines is 1. The second kappa shape index (κ2) is 3.65. The highest BCUT2D eigenvalue weighted by atomic mass is 19.3. The van der Waals surface area contributed by atoms with Gasteiger partial charge in [-0.3, -0.25) is 4.68 Å². The van der Waals surface area contributed by atoms with Gasteiger partial charge in [-0.1, -0.05) is 0 Å². The fourth-order valence-electron chi connectivity index (χ4n) is 3.34. The molecule has 1 unspecified atom stereocenters. The molecule has 1 atom stereocenters. The largest absolute Gasteiger partial charge is 0.355 e. The molecule has 2 fully saturated rings. The average molecular weight is 279 g/mol. The van der Waals surface area contributed by atoms with Crippen LogP contribution in [0.5, 0.6) is 0 Å². The number of halogens is 2. The Morgan fingerprint density at radius 2 is 2.10 bits per heavy atom. The minimum absolute atomic E-state index is 0.0117. The Kier molecular flexibility index (Phi) is 2.19.